The van der Waals surface area contributed by atoms with Gasteiger partial charge in [0.05, 0.1) is 22.4 Å². The monoisotopic (exact) mass is 695 g/mol. The molecule has 0 spiro atoms. The van der Waals surface area contributed by atoms with Crippen LogP contribution in [0.3, 0.4) is 0 Å². The molecule has 0 fully saturated rings. The second-order valence-corrected chi connectivity index (χ2v) is 12.0. The maximum Gasteiger partial charge on any atom is 4.00 e. The zero-order valence-electron chi connectivity index (χ0n) is 25.2. The molecule has 0 aromatic heterocycles. The standard InChI is InChI=1S/4C8H13O.Pt/c4*1-5-8(4,9)6-7(2)3;/h4*7,9H,6H2,2-4H3;/q4*-1;+4. The average Bonchev–Trinajstić information content (AvgIpc) is 2.66. The molecule has 0 saturated carbocycles. The van der Waals surface area contributed by atoms with Crippen molar-refractivity contribution in [2.45, 2.75) is 131 Å². The van der Waals surface area contributed by atoms with Gasteiger partial charge in [0, 0.05) is 0 Å². The zero-order valence-corrected chi connectivity index (χ0v) is 27.5. The van der Waals surface area contributed by atoms with Crippen molar-refractivity contribution in [1.29, 1.82) is 0 Å². The molecule has 0 aliphatic rings. The molecule has 4 nitrogen and oxygen atoms in total. The first-order valence-corrected chi connectivity index (χ1v) is 12.6. The maximum atomic E-state index is 9.20. The Balaban J connectivity index is -0.000000122. The summed E-state index contributed by atoms with van der Waals surface area (Å²) in [5.74, 6) is 9.97. The van der Waals surface area contributed by atoms with E-state index in [1.165, 1.54) is 0 Å². The molecule has 4 N–H and O–H groups in total. The van der Waals surface area contributed by atoms with E-state index in [1.807, 2.05) is 55.4 Å². The van der Waals surface area contributed by atoms with E-state index in [0.29, 0.717) is 49.4 Å². The van der Waals surface area contributed by atoms with Crippen LogP contribution >= 0.6 is 0 Å². The van der Waals surface area contributed by atoms with Crippen LogP contribution in [0, 0.1) is 73.0 Å². The van der Waals surface area contributed by atoms with Crippen LogP contribution in [0.1, 0.15) is 109 Å². The molecule has 0 aliphatic carbocycles. The van der Waals surface area contributed by atoms with Crippen molar-refractivity contribution in [2.75, 3.05) is 0 Å². The SMILES string of the molecule is [C-]#CC(C)(O)CC(C)C.[C-]#CC(C)(O)CC(C)C.[C-]#CC(C)(O)CC(C)C.[C-]#CC(C)(O)CC(C)C.[Pt+4]. The normalized spacial score (nSPS) is 16.4. The molecule has 0 rings (SSSR count). The zero-order chi connectivity index (χ0) is 30.0. The average molecular weight is 696 g/mol. The summed E-state index contributed by atoms with van der Waals surface area (Å²) in [6, 6.07) is 0. The first kappa shape index (κ1) is 45.7. The number of hydrogen-bond acceptors (Lipinski definition) is 4. The van der Waals surface area contributed by atoms with Gasteiger partial charge in [-0.05, 0) is 77.0 Å². The molecule has 0 aliphatic heterocycles. The molecule has 0 radical (unpaired) electrons. The van der Waals surface area contributed by atoms with Gasteiger partial charge in [0.1, 0.15) is 0 Å². The fourth-order valence-electron chi connectivity index (χ4n) is 3.38. The quantitative estimate of drug-likeness (QED) is 0.200. The summed E-state index contributed by atoms with van der Waals surface area (Å²) in [6.45, 7) is 22.4. The van der Waals surface area contributed by atoms with Crippen LogP contribution in [0.15, 0.2) is 0 Å². The molecule has 0 aromatic rings. The van der Waals surface area contributed by atoms with Gasteiger partial charge in [-0.3, -0.25) is 0 Å². The van der Waals surface area contributed by atoms with Gasteiger partial charge < -0.3 is 69.8 Å². The molecular formula is C32H52O4Pt. The first-order valence-electron chi connectivity index (χ1n) is 12.6. The summed E-state index contributed by atoms with van der Waals surface area (Å²) in [5, 5.41) is 36.8. The van der Waals surface area contributed by atoms with E-state index in [4.69, 9.17) is 25.7 Å². The minimum absolute atomic E-state index is 0. The van der Waals surface area contributed by atoms with Gasteiger partial charge in [-0.2, -0.15) is 0 Å². The minimum atomic E-state index is -1.02. The second-order valence-electron chi connectivity index (χ2n) is 12.0. The van der Waals surface area contributed by atoms with Crippen LogP contribution in [0.5, 0.6) is 0 Å². The van der Waals surface area contributed by atoms with Gasteiger partial charge in [-0.25, -0.2) is 0 Å². The van der Waals surface area contributed by atoms with E-state index >= 15 is 0 Å². The number of hydrogen-bond donors (Lipinski definition) is 4. The van der Waals surface area contributed by atoms with E-state index in [2.05, 4.69) is 23.7 Å². The predicted octanol–water partition coefficient (Wildman–Crippen LogP) is 5.49. The van der Waals surface area contributed by atoms with Crippen molar-refractivity contribution in [2.24, 2.45) is 23.7 Å². The van der Waals surface area contributed by atoms with Crippen molar-refractivity contribution in [3.63, 3.8) is 0 Å². The summed E-state index contributed by atoms with van der Waals surface area (Å²) in [6.07, 6.45) is 29.2. The van der Waals surface area contributed by atoms with Gasteiger partial charge in [0.25, 0.3) is 0 Å². The van der Waals surface area contributed by atoms with Gasteiger partial charge in [0.15, 0.2) is 0 Å². The molecule has 0 aromatic carbocycles. The van der Waals surface area contributed by atoms with Crippen molar-refractivity contribution in [1.82, 2.24) is 0 Å². The second kappa shape index (κ2) is 21.7. The molecule has 37 heavy (non-hydrogen) atoms. The van der Waals surface area contributed by atoms with Gasteiger partial charge in [-0.1, -0.05) is 55.4 Å². The maximum absolute atomic E-state index is 9.20. The number of rotatable bonds is 8. The summed E-state index contributed by atoms with van der Waals surface area (Å²) >= 11 is 0. The summed E-state index contributed by atoms with van der Waals surface area (Å²) in [7, 11) is 0. The van der Waals surface area contributed by atoms with E-state index in [1.54, 1.807) is 27.7 Å². The van der Waals surface area contributed by atoms with Crippen molar-refractivity contribution in [3.05, 3.63) is 25.7 Å². The molecule has 0 amide bonds. The van der Waals surface area contributed by atoms with Crippen molar-refractivity contribution < 1.29 is 41.5 Å². The molecular weight excluding hydrogens is 643 g/mol. The molecule has 5 heteroatoms. The Hall–Kier alpha value is -1.23. The molecule has 0 bridgehead atoms. The van der Waals surface area contributed by atoms with Crippen LogP contribution in [-0.4, -0.2) is 42.8 Å². The third-order valence-electron chi connectivity index (χ3n) is 4.30. The van der Waals surface area contributed by atoms with Gasteiger partial charge in [-0.15, -0.1) is 0 Å². The Morgan fingerprint density at radius 3 is 0.568 bits per heavy atom. The Morgan fingerprint density at radius 1 is 0.432 bits per heavy atom. The van der Waals surface area contributed by atoms with Gasteiger partial charge in [0.2, 0.25) is 0 Å². The third kappa shape index (κ3) is 39.4. The predicted molar refractivity (Wildman–Crippen MR) is 149 cm³/mol. The molecule has 4 unspecified atom stereocenters. The largest absolute Gasteiger partial charge is 4.00 e. The Kier molecular flexibility index (Phi) is 26.8. The van der Waals surface area contributed by atoms with E-state index < -0.39 is 22.4 Å². The summed E-state index contributed by atoms with van der Waals surface area (Å²) in [4.78, 5) is 0. The van der Waals surface area contributed by atoms with Crippen LogP contribution in [0.25, 0.3) is 0 Å². The van der Waals surface area contributed by atoms with E-state index in [-0.39, 0.29) is 21.1 Å². The molecule has 4 atom stereocenters. The summed E-state index contributed by atoms with van der Waals surface area (Å²) < 4.78 is 0. The van der Waals surface area contributed by atoms with Gasteiger partial charge >= 0.3 is 21.1 Å². The first-order chi connectivity index (χ1) is 15.9. The molecule has 0 heterocycles. The van der Waals surface area contributed by atoms with Crippen molar-refractivity contribution in [3.8, 4) is 23.7 Å². The Bertz CT molecular complexity index is 603. The third-order valence-corrected chi connectivity index (χ3v) is 4.30. The van der Waals surface area contributed by atoms with Crippen LogP contribution < -0.4 is 0 Å². The van der Waals surface area contributed by atoms with Crippen molar-refractivity contribution >= 4 is 0 Å². The summed E-state index contributed by atoms with van der Waals surface area (Å²) in [5.41, 5.74) is -4.08. The topological polar surface area (TPSA) is 80.9 Å². The smallest absolute Gasteiger partial charge is 0.691 e. The Morgan fingerprint density at radius 2 is 0.541 bits per heavy atom. The van der Waals surface area contributed by atoms with E-state index in [0.717, 1.165) is 0 Å². The minimum Gasteiger partial charge on any atom is -0.691 e. The number of aliphatic hydroxyl groups is 4. The fourth-order valence-corrected chi connectivity index (χ4v) is 3.38. The van der Waals surface area contributed by atoms with Crippen LogP contribution in [0.4, 0.5) is 0 Å². The Labute approximate surface area is 245 Å². The van der Waals surface area contributed by atoms with E-state index in [9.17, 15) is 20.4 Å². The molecule has 0 saturated heterocycles. The fraction of sp³-hybridized carbons (Fsp3) is 0.750. The van der Waals surface area contributed by atoms with Crippen LogP contribution in [-0.2, 0) is 21.1 Å². The van der Waals surface area contributed by atoms with Crippen LogP contribution in [0.2, 0.25) is 0 Å². The molecule has 214 valence electrons.